The maximum absolute atomic E-state index is 11.9. The van der Waals surface area contributed by atoms with E-state index in [2.05, 4.69) is 56.4 Å². The monoisotopic (exact) mass is 897 g/mol. The van der Waals surface area contributed by atoms with Crippen LogP contribution in [0.1, 0.15) is 181 Å². The molecule has 0 aromatic carbocycles. The van der Waals surface area contributed by atoms with Crippen LogP contribution in [0.15, 0.2) is 11.6 Å². The Labute approximate surface area is 391 Å². The van der Waals surface area contributed by atoms with Gasteiger partial charge in [0.05, 0.1) is 49.3 Å². The molecule has 5 saturated heterocycles. The maximum Gasteiger partial charge on any atom is 0.305 e. The second kappa shape index (κ2) is 18.1. The summed E-state index contributed by atoms with van der Waals surface area (Å²) in [7, 11) is 0. The molecular formula is C54H88N8O3. The number of hydrogen-bond donors (Lipinski definition) is 8. The summed E-state index contributed by atoms with van der Waals surface area (Å²) >= 11 is 0. The number of fused-ring (bicyclic) bond motifs is 25. The third-order valence-electron chi connectivity index (χ3n) is 22.2. The fourth-order valence-electron chi connectivity index (χ4n) is 18.9. The highest BCUT2D eigenvalue weighted by molar-refractivity contribution is 5.91. The highest BCUT2D eigenvalue weighted by Gasteiger charge is 2.60. The zero-order chi connectivity index (χ0) is 44.0. The van der Waals surface area contributed by atoms with Crippen molar-refractivity contribution in [1.82, 2.24) is 42.5 Å². The van der Waals surface area contributed by atoms with Gasteiger partial charge in [0.25, 0.3) is 0 Å². The molecule has 362 valence electrons. The summed E-state index contributed by atoms with van der Waals surface area (Å²) in [5.41, 5.74) is 1.82. The molecule has 11 heteroatoms. The molecule has 0 aromatic heterocycles. The van der Waals surface area contributed by atoms with Crippen LogP contribution in [-0.2, 0) is 14.3 Å². The molecule has 5 heterocycles. The normalized spacial score (nSPS) is 53.1. The molecule has 13 rings (SSSR count). The summed E-state index contributed by atoms with van der Waals surface area (Å²) in [5, 5.41) is 33.8. The van der Waals surface area contributed by atoms with Crippen LogP contribution in [0.3, 0.4) is 0 Å². The number of rotatable bonds is 2. The Morgan fingerprint density at radius 2 is 0.877 bits per heavy atom. The zero-order valence-corrected chi connectivity index (χ0v) is 40.5. The molecule has 7 saturated carbocycles. The van der Waals surface area contributed by atoms with Gasteiger partial charge in [-0.1, -0.05) is 77.7 Å². The first-order valence-electron chi connectivity index (χ1n) is 28.2. The summed E-state index contributed by atoms with van der Waals surface area (Å²) < 4.78 is 5.86. The van der Waals surface area contributed by atoms with E-state index in [0.717, 1.165) is 85.4 Å². The van der Waals surface area contributed by atoms with Gasteiger partial charge in [-0.2, -0.15) is 0 Å². The van der Waals surface area contributed by atoms with Crippen LogP contribution >= 0.6 is 0 Å². The first-order chi connectivity index (χ1) is 31.7. The van der Waals surface area contributed by atoms with Gasteiger partial charge in [0.2, 0.25) is 0 Å². The fraction of sp³-hybridized carbons (Fsp3) is 0.926. The van der Waals surface area contributed by atoms with Gasteiger partial charge in [-0.25, -0.2) is 0 Å². The van der Waals surface area contributed by atoms with Crippen LogP contribution in [0.25, 0.3) is 0 Å². The van der Waals surface area contributed by atoms with Crippen molar-refractivity contribution in [2.75, 3.05) is 0 Å². The van der Waals surface area contributed by atoms with Crippen molar-refractivity contribution >= 4 is 11.8 Å². The van der Waals surface area contributed by atoms with Crippen molar-refractivity contribution < 1.29 is 14.3 Å². The SMILES string of the molecule is C1CCC2C3NC(NC4NC(NC5NC(NC6NC(N3)C3CCCCC63)C3CCCCC53)C3CCCCC43)C2C1.CCC(=O)O[C@H]1CC[C@H]2[C@@H]3CCC4=CC(=O)CC[C@]4(C)[C@H]3CC[C@]12C. The Bertz CT molecular complexity index is 1590. The van der Waals surface area contributed by atoms with Gasteiger partial charge in [-0.15, -0.1) is 0 Å². The number of carbonyl (C=O) groups excluding carboxylic acids is 2. The predicted molar refractivity (Wildman–Crippen MR) is 254 cm³/mol. The van der Waals surface area contributed by atoms with Crippen molar-refractivity contribution in [2.24, 2.45) is 75.9 Å². The first kappa shape index (κ1) is 44.7. The Hall–Kier alpha value is -1.44. The lowest BCUT2D eigenvalue weighted by Gasteiger charge is -2.57. The smallest absolute Gasteiger partial charge is 0.305 e. The lowest BCUT2D eigenvalue weighted by atomic mass is 9.47. The highest BCUT2D eigenvalue weighted by atomic mass is 16.5. The molecule has 0 spiro atoms. The fourth-order valence-corrected chi connectivity index (χ4v) is 18.9. The Kier molecular flexibility index (Phi) is 12.4. The number of hydrogen-bond acceptors (Lipinski definition) is 11. The predicted octanol–water partition coefficient (Wildman–Crippen LogP) is 7.45. The second-order valence-electron chi connectivity index (χ2n) is 25.0. The zero-order valence-electron chi connectivity index (χ0n) is 40.5. The number of ether oxygens (including phenoxy) is 1. The van der Waals surface area contributed by atoms with Crippen LogP contribution < -0.4 is 42.5 Å². The van der Waals surface area contributed by atoms with Crippen LogP contribution in [0.4, 0.5) is 0 Å². The largest absolute Gasteiger partial charge is 0.462 e. The maximum atomic E-state index is 11.9. The standard InChI is InChI=1S/C32H56N8.C22H32O3/c1-2-10-18-17(9-1)25-33-26(18)38-28-21-13-5-6-14-22(21)30(35-28)40-32-24-16-8-7-15-23(24)31(36-32)39-29-20-12-4-3-11-19(20)27(34-29)37-25;1-4-20(24)25-19-8-7-17-16-6-5-14-13-15(23)9-11-21(14,2)18(16)10-12-22(17,19)3/h17-40H,1-16H2;13,16-19H,4-12H2,1-3H3/t;16-,17-,18-,19-,21-,22-/m.0/s1. The van der Waals surface area contributed by atoms with Crippen LogP contribution in [0.2, 0.25) is 0 Å². The van der Waals surface area contributed by atoms with E-state index in [1.165, 1.54) is 128 Å². The van der Waals surface area contributed by atoms with Crippen molar-refractivity contribution in [1.29, 1.82) is 0 Å². The third kappa shape index (κ3) is 7.89. The lowest BCUT2D eigenvalue weighted by molar-refractivity contribution is -0.159. The molecule has 8 bridgehead atoms. The van der Waals surface area contributed by atoms with E-state index in [9.17, 15) is 9.59 Å². The van der Waals surface area contributed by atoms with Crippen molar-refractivity contribution in [3.05, 3.63) is 11.6 Å². The van der Waals surface area contributed by atoms with E-state index < -0.39 is 0 Å². The average Bonchev–Trinajstić information content (AvgIpc) is 4.13. The minimum Gasteiger partial charge on any atom is -0.462 e. The number of allylic oxidation sites excluding steroid dienone is 1. The molecule has 13 aliphatic rings. The molecule has 0 amide bonds. The number of esters is 1. The molecular weight excluding hydrogens is 809 g/mol. The van der Waals surface area contributed by atoms with Gasteiger partial charge in [0, 0.05) is 18.3 Å². The van der Waals surface area contributed by atoms with E-state index in [1.54, 1.807) is 0 Å². The average molecular weight is 897 g/mol. The topological polar surface area (TPSA) is 140 Å². The summed E-state index contributed by atoms with van der Waals surface area (Å²) in [5.74, 6) is 8.38. The summed E-state index contributed by atoms with van der Waals surface area (Å²) in [6.45, 7) is 6.69. The van der Waals surface area contributed by atoms with Gasteiger partial charge < -0.3 is 4.74 Å². The minimum atomic E-state index is -0.0411. The minimum absolute atomic E-state index is 0.0411. The van der Waals surface area contributed by atoms with E-state index in [4.69, 9.17) is 4.74 Å². The van der Waals surface area contributed by atoms with Crippen molar-refractivity contribution in [2.45, 2.75) is 237 Å². The molecule has 14 atom stereocenters. The van der Waals surface area contributed by atoms with E-state index >= 15 is 0 Å². The molecule has 0 radical (unpaired) electrons. The number of nitrogens with one attached hydrogen (secondary N) is 8. The summed E-state index contributed by atoms with van der Waals surface area (Å²) in [6.07, 6.45) is 36.8. The van der Waals surface area contributed by atoms with Gasteiger partial charge >= 0.3 is 5.97 Å². The molecule has 8 unspecified atom stereocenters. The lowest BCUT2D eigenvalue weighted by Crippen LogP contribution is -2.61. The van der Waals surface area contributed by atoms with E-state index in [-0.39, 0.29) is 22.9 Å². The Morgan fingerprint density at radius 3 is 1.25 bits per heavy atom. The van der Waals surface area contributed by atoms with E-state index in [1.807, 2.05) is 13.0 Å². The first-order valence-corrected chi connectivity index (χ1v) is 28.2. The van der Waals surface area contributed by atoms with Gasteiger partial charge in [-0.3, -0.25) is 52.1 Å². The molecule has 12 fully saturated rings. The molecule has 0 aromatic rings. The van der Waals surface area contributed by atoms with Gasteiger partial charge in [-0.05, 0) is 173 Å². The molecule has 11 nitrogen and oxygen atoms in total. The number of carbonyl (C=O) groups is 2. The number of ketones is 1. The highest BCUT2D eigenvalue weighted by Crippen LogP contribution is 2.65. The van der Waals surface area contributed by atoms with Crippen molar-refractivity contribution in [3.63, 3.8) is 0 Å². The van der Waals surface area contributed by atoms with Crippen LogP contribution in [0.5, 0.6) is 0 Å². The third-order valence-corrected chi connectivity index (χ3v) is 22.2. The molecule has 8 N–H and O–H groups in total. The van der Waals surface area contributed by atoms with Crippen LogP contribution in [-0.4, -0.2) is 67.2 Å². The summed E-state index contributed by atoms with van der Waals surface area (Å²) in [4.78, 5) is 23.8. The van der Waals surface area contributed by atoms with Crippen molar-refractivity contribution in [3.8, 4) is 0 Å². The van der Waals surface area contributed by atoms with E-state index in [0.29, 0.717) is 73.4 Å². The van der Waals surface area contributed by atoms with Gasteiger partial charge in [0.1, 0.15) is 6.10 Å². The summed E-state index contributed by atoms with van der Waals surface area (Å²) in [6, 6.07) is 0. The molecule has 65 heavy (non-hydrogen) atoms. The Balaban J connectivity index is 0.000000153. The molecule has 8 aliphatic carbocycles. The Morgan fingerprint density at radius 1 is 0.492 bits per heavy atom. The molecule has 5 aliphatic heterocycles. The quantitative estimate of drug-likeness (QED) is 0.131. The van der Waals surface area contributed by atoms with Gasteiger partial charge in [0.15, 0.2) is 5.78 Å². The second-order valence-corrected chi connectivity index (χ2v) is 25.0. The van der Waals surface area contributed by atoms with Crippen LogP contribution in [0, 0.1) is 75.9 Å².